The fraction of sp³-hybridized carbons (Fsp3) is 0.368. The summed E-state index contributed by atoms with van der Waals surface area (Å²) in [7, 11) is -7.42. The number of rotatable bonds is 5. The molecule has 1 heterocycles. The quantitative estimate of drug-likeness (QED) is 0.823. The Morgan fingerprint density at radius 2 is 1.52 bits per heavy atom. The fourth-order valence-corrected chi connectivity index (χ4v) is 5.77. The summed E-state index contributed by atoms with van der Waals surface area (Å²) in [4.78, 5) is 0.250. The lowest BCUT2D eigenvalue weighted by atomic mass is 10.1. The van der Waals surface area contributed by atoms with Crippen LogP contribution in [-0.4, -0.2) is 34.2 Å². The molecular formula is C19H24N2O4S2. The van der Waals surface area contributed by atoms with E-state index in [4.69, 9.17) is 0 Å². The van der Waals surface area contributed by atoms with Crippen molar-refractivity contribution in [3.8, 4) is 0 Å². The molecule has 0 radical (unpaired) electrons. The van der Waals surface area contributed by atoms with Gasteiger partial charge in [0.25, 0.3) is 10.0 Å². The lowest BCUT2D eigenvalue weighted by Crippen LogP contribution is -2.35. The highest BCUT2D eigenvalue weighted by atomic mass is 32.2. The molecule has 1 N–H and O–H groups in total. The molecule has 0 aromatic heterocycles. The number of nitrogens with zero attached hydrogens (tertiary/aromatic N) is 1. The van der Waals surface area contributed by atoms with Gasteiger partial charge in [0.1, 0.15) is 0 Å². The van der Waals surface area contributed by atoms with Gasteiger partial charge < -0.3 is 0 Å². The minimum absolute atomic E-state index is 0.102. The van der Waals surface area contributed by atoms with Crippen molar-refractivity contribution in [1.29, 1.82) is 0 Å². The maximum absolute atomic E-state index is 12.8. The van der Waals surface area contributed by atoms with E-state index in [1.54, 1.807) is 30.3 Å². The van der Waals surface area contributed by atoms with E-state index in [0.717, 1.165) is 30.4 Å². The van der Waals surface area contributed by atoms with Crippen LogP contribution in [0.15, 0.2) is 52.3 Å². The normalized spacial score (nSPS) is 16.2. The molecule has 0 amide bonds. The summed E-state index contributed by atoms with van der Waals surface area (Å²) in [6.45, 7) is 4.76. The Balaban J connectivity index is 1.88. The Bertz CT molecular complexity index is 1040. The van der Waals surface area contributed by atoms with Crippen LogP contribution < -0.4 is 4.72 Å². The van der Waals surface area contributed by atoms with Gasteiger partial charge in [-0.2, -0.15) is 4.31 Å². The van der Waals surface area contributed by atoms with Gasteiger partial charge >= 0.3 is 0 Å². The van der Waals surface area contributed by atoms with Crippen molar-refractivity contribution in [3.05, 3.63) is 53.6 Å². The van der Waals surface area contributed by atoms with Crippen LogP contribution in [0.4, 0.5) is 5.69 Å². The summed E-state index contributed by atoms with van der Waals surface area (Å²) in [5, 5.41) is 0. The lowest BCUT2D eigenvalue weighted by molar-refractivity contribution is 0.346. The minimum Gasteiger partial charge on any atom is -0.280 e. The molecule has 1 fully saturated rings. The topological polar surface area (TPSA) is 83.5 Å². The standard InChI is InChI=1S/C19H24N2O4S2/c1-15-9-10-18(13-16(15)2)26(22,23)20-17-7-6-8-19(14-17)27(24,25)21-11-4-3-5-12-21/h6-10,13-14,20H,3-5,11-12H2,1-2H3. The first kappa shape index (κ1) is 19.9. The molecule has 8 heteroatoms. The Hall–Kier alpha value is -1.90. The van der Waals surface area contributed by atoms with Gasteiger partial charge in [-0.05, 0) is 68.1 Å². The number of benzene rings is 2. The number of hydrogen-bond donors (Lipinski definition) is 1. The molecule has 1 aliphatic rings. The second kappa shape index (κ2) is 7.61. The zero-order valence-electron chi connectivity index (χ0n) is 15.5. The van der Waals surface area contributed by atoms with Crippen molar-refractivity contribution < 1.29 is 16.8 Å². The van der Waals surface area contributed by atoms with Crippen LogP contribution in [0.5, 0.6) is 0 Å². The number of hydrogen-bond acceptors (Lipinski definition) is 4. The second-order valence-corrected chi connectivity index (χ2v) is 10.5. The Morgan fingerprint density at radius 1 is 0.815 bits per heavy atom. The zero-order chi connectivity index (χ0) is 19.7. The SMILES string of the molecule is Cc1ccc(S(=O)(=O)Nc2cccc(S(=O)(=O)N3CCCCC3)c2)cc1C. The molecule has 0 spiro atoms. The van der Waals surface area contributed by atoms with Gasteiger partial charge in [-0.25, -0.2) is 16.8 Å². The second-order valence-electron chi connectivity index (χ2n) is 6.84. The van der Waals surface area contributed by atoms with E-state index in [2.05, 4.69) is 4.72 Å². The summed E-state index contributed by atoms with van der Waals surface area (Å²) in [6.07, 6.45) is 2.72. The molecule has 1 aliphatic heterocycles. The Labute approximate surface area is 161 Å². The van der Waals surface area contributed by atoms with E-state index in [1.165, 1.54) is 16.4 Å². The van der Waals surface area contributed by atoms with Crippen LogP contribution in [0.25, 0.3) is 0 Å². The van der Waals surface area contributed by atoms with Gasteiger partial charge in [0.15, 0.2) is 0 Å². The largest absolute Gasteiger partial charge is 0.280 e. The number of nitrogens with one attached hydrogen (secondary N) is 1. The monoisotopic (exact) mass is 408 g/mol. The van der Waals surface area contributed by atoms with Crippen molar-refractivity contribution in [2.45, 2.75) is 42.9 Å². The molecule has 146 valence electrons. The highest BCUT2D eigenvalue weighted by Gasteiger charge is 2.26. The van der Waals surface area contributed by atoms with Crippen LogP contribution in [0, 0.1) is 13.8 Å². The molecule has 2 aromatic rings. The Morgan fingerprint density at radius 3 is 2.19 bits per heavy atom. The van der Waals surface area contributed by atoms with Crippen molar-refractivity contribution in [2.75, 3.05) is 17.8 Å². The molecular weight excluding hydrogens is 384 g/mol. The average molecular weight is 409 g/mol. The lowest BCUT2D eigenvalue weighted by Gasteiger charge is -2.26. The summed E-state index contributed by atoms with van der Waals surface area (Å²) in [6, 6.07) is 10.9. The van der Waals surface area contributed by atoms with E-state index in [-0.39, 0.29) is 15.5 Å². The molecule has 0 atom stereocenters. The van der Waals surface area contributed by atoms with Gasteiger partial charge in [0.05, 0.1) is 15.5 Å². The molecule has 1 saturated heterocycles. The highest BCUT2D eigenvalue weighted by molar-refractivity contribution is 7.92. The van der Waals surface area contributed by atoms with Crippen molar-refractivity contribution >= 4 is 25.7 Å². The van der Waals surface area contributed by atoms with E-state index in [9.17, 15) is 16.8 Å². The van der Waals surface area contributed by atoms with E-state index >= 15 is 0 Å². The number of piperidine rings is 1. The average Bonchev–Trinajstić information content (AvgIpc) is 2.64. The van der Waals surface area contributed by atoms with Crippen LogP contribution in [0.1, 0.15) is 30.4 Å². The van der Waals surface area contributed by atoms with Gasteiger partial charge in [-0.15, -0.1) is 0 Å². The first-order valence-electron chi connectivity index (χ1n) is 8.90. The maximum Gasteiger partial charge on any atom is 0.261 e. The maximum atomic E-state index is 12.8. The summed E-state index contributed by atoms with van der Waals surface area (Å²) in [5.41, 5.74) is 2.11. The van der Waals surface area contributed by atoms with Crippen molar-refractivity contribution in [1.82, 2.24) is 4.31 Å². The predicted octanol–water partition coefficient (Wildman–Crippen LogP) is 3.28. The molecule has 27 heavy (non-hydrogen) atoms. The number of anilines is 1. The summed E-state index contributed by atoms with van der Waals surface area (Å²) in [5.74, 6) is 0. The first-order chi connectivity index (χ1) is 12.7. The molecule has 0 bridgehead atoms. The smallest absolute Gasteiger partial charge is 0.261 e. The molecule has 0 saturated carbocycles. The molecule has 6 nitrogen and oxygen atoms in total. The number of aryl methyl sites for hydroxylation is 2. The minimum atomic E-state index is -3.80. The molecule has 0 unspecified atom stereocenters. The Kier molecular flexibility index (Phi) is 5.60. The van der Waals surface area contributed by atoms with Gasteiger partial charge in [0, 0.05) is 13.1 Å². The third-order valence-electron chi connectivity index (χ3n) is 4.83. The molecule has 3 rings (SSSR count). The summed E-state index contributed by atoms with van der Waals surface area (Å²) >= 11 is 0. The van der Waals surface area contributed by atoms with Gasteiger partial charge in [-0.3, -0.25) is 4.72 Å². The van der Waals surface area contributed by atoms with Crippen molar-refractivity contribution in [3.63, 3.8) is 0 Å². The fourth-order valence-electron chi connectivity index (χ4n) is 3.07. The zero-order valence-corrected chi connectivity index (χ0v) is 17.1. The van der Waals surface area contributed by atoms with E-state index in [0.29, 0.717) is 13.1 Å². The predicted molar refractivity (Wildman–Crippen MR) is 106 cm³/mol. The van der Waals surface area contributed by atoms with Gasteiger partial charge in [-0.1, -0.05) is 18.6 Å². The van der Waals surface area contributed by atoms with Crippen LogP contribution in [0.3, 0.4) is 0 Å². The van der Waals surface area contributed by atoms with E-state index < -0.39 is 20.0 Å². The third kappa shape index (κ3) is 4.34. The van der Waals surface area contributed by atoms with Gasteiger partial charge in [0.2, 0.25) is 10.0 Å². The summed E-state index contributed by atoms with van der Waals surface area (Å²) < 4.78 is 54.9. The van der Waals surface area contributed by atoms with Crippen LogP contribution in [0.2, 0.25) is 0 Å². The van der Waals surface area contributed by atoms with Crippen LogP contribution >= 0.6 is 0 Å². The van der Waals surface area contributed by atoms with Crippen molar-refractivity contribution in [2.24, 2.45) is 0 Å². The van der Waals surface area contributed by atoms with E-state index in [1.807, 2.05) is 13.8 Å². The molecule has 0 aliphatic carbocycles. The third-order valence-corrected chi connectivity index (χ3v) is 8.10. The number of sulfonamides is 2. The first-order valence-corrected chi connectivity index (χ1v) is 11.8. The molecule has 2 aromatic carbocycles. The van der Waals surface area contributed by atoms with Crippen LogP contribution in [-0.2, 0) is 20.0 Å². The highest BCUT2D eigenvalue weighted by Crippen LogP contribution is 2.24.